The van der Waals surface area contributed by atoms with Gasteiger partial charge in [-0.25, -0.2) is 0 Å². The van der Waals surface area contributed by atoms with Gasteiger partial charge in [-0.05, 0) is 29.5 Å². The van der Waals surface area contributed by atoms with Gasteiger partial charge in [-0.15, -0.1) is 6.58 Å². The van der Waals surface area contributed by atoms with Gasteiger partial charge in [0.1, 0.15) is 0 Å². The van der Waals surface area contributed by atoms with Crippen molar-refractivity contribution in [1.82, 2.24) is 5.32 Å². The summed E-state index contributed by atoms with van der Waals surface area (Å²) in [7, 11) is 0. The molecule has 19 heavy (non-hydrogen) atoms. The molecule has 0 unspecified atom stereocenters. The largest absolute Gasteiger partial charge is 0.303 e. The van der Waals surface area contributed by atoms with Crippen molar-refractivity contribution in [3.05, 3.63) is 83.9 Å². The van der Waals surface area contributed by atoms with Crippen LogP contribution in [0.5, 0.6) is 0 Å². The summed E-state index contributed by atoms with van der Waals surface area (Å²) < 4.78 is 0. The number of rotatable bonds is 3. The predicted molar refractivity (Wildman–Crippen MR) is 80.2 cm³/mol. The quantitative estimate of drug-likeness (QED) is 0.814. The Balaban J connectivity index is 2.00. The van der Waals surface area contributed by atoms with Crippen molar-refractivity contribution in [1.29, 1.82) is 0 Å². The first-order valence-electron chi connectivity index (χ1n) is 6.88. The third kappa shape index (κ3) is 2.47. The van der Waals surface area contributed by atoms with E-state index in [9.17, 15) is 0 Å². The Morgan fingerprint density at radius 1 is 1.05 bits per heavy atom. The van der Waals surface area contributed by atoms with Crippen LogP contribution in [0.15, 0.2) is 67.3 Å². The molecule has 0 fully saturated rings. The molecular formula is C18H19N. The number of hydrogen-bond donors (Lipinski definition) is 1. The van der Waals surface area contributed by atoms with Gasteiger partial charge in [0.05, 0.1) is 6.04 Å². The van der Waals surface area contributed by atoms with E-state index >= 15 is 0 Å². The average molecular weight is 249 g/mol. The SMILES string of the molecule is C=CC[C@H]1Cc2ccccc2[C@H](c2ccccc2)N1. The molecule has 1 aliphatic heterocycles. The van der Waals surface area contributed by atoms with Crippen LogP contribution >= 0.6 is 0 Å². The van der Waals surface area contributed by atoms with Gasteiger partial charge in [-0.3, -0.25) is 0 Å². The zero-order valence-electron chi connectivity index (χ0n) is 11.0. The Kier molecular flexibility index (Phi) is 3.47. The van der Waals surface area contributed by atoms with Crippen molar-refractivity contribution in [3.63, 3.8) is 0 Å². The Morgan fingerprint density at radius 3 is 2.58 bits per heavy atom. The lowest BCUT2D eigenvalue weighted by molar-refractivity contribution is 0.440. The number of benzene rings is 2. The molecule has 0 spiro atoms. The van der Waals surface area contributed by atoms with Crippen molar-refractivity contribution < 1.29 is 0 Å². The van der Waals surface area contributed by atoms with Gasteiger partial charge >= 0.3 is 0 Å². The fraction of sp³-hybridized carbons (Fsp3) is 0.222. The van der Waals surface area contributed by atoms with Gasteiger partial charge in [-0.1, -0.05) is 60.7 Å². The molecule has 0 radical (unpaired) electrons. The standard InChI is InChI=1S/C18H19N/c1-2-8-16-13-15-11-6-7-12-17(15)18(19-16)14-9-4-3-5-10-14/h2-7,9-12,16,18-19H,1,8,13H2/t16-,18-/m0/s1. The van der Waals surface area contributed by atoms with Crippen molar-refractivity contribution in [2.45, 2.75) is 24.9 Å². The first kappa shape index (κ1) is 12.2. The summed E-state index contributed by atoms with van der Waals surface area (Å²) in [5.41, 5.74) is 4.21. The molecule has 1 N–H and O–H groups in total. The van der Waals surface area contributed by atoms with E-state index < -0.39 is 0 Å². The molecule has 0 saturated heterocycles. The molecule has 2 aromatic carbocycles. The third-order valence-corrected chi connectivity index (χ3v) is 3.82. The summed E-state index contributed by atoms with van der Waals surface area (Å²) >= 11 is 0. The van der Waals surface area contributed by atoms with Gasteiger partial charge in [0, 0.05) is 6.04 Å². The van der Waals surface area contributed by atoms with Gasteiger partial charge in [-0.2, -0.15) is 0 Å². The van der Waals surface area contributed by atoms with Crippen molar-refractivity contribution in [2.24, 2.45) is 0 Å². The molecule has 96 valence electrons. The Bertz CT molecular complexity index is 559. The molecule has 2 atom stereocenters. The maximum atomic E-state index is 3.87. The highest BCUT2D eigenvalue weighted by molar-refractivity contribution is 5.40. The molecule has 0 saturated carbocycles. The zero-order valence-corrected chi connectivity index (χ0v) is 11.0. The molecule has 1 aliphatic rings. The number of fused-ring (bicyclic) bond motifs is 1. The fourth-order valence-corrected chi connectivity index (χ4v) is 2.93. The minimum absolute atomic E-state index is 0.302. The minimum Gasteiger partial charge on any atom is -0.303 e. The topological polar surface area (TPSA) is 12.0 Å². The molecule has 0 aliphatic carbocycles. The van der Waals surface area contributed by atoms with Gasteiger partial charge in [0.2, 0.25) is 0 Å². The van der Waals surface area contributed by atoms with Crippen LogP contribution in [-0.2, 0) is 6.42 Å². The van der Waals surface area contributed by atoms with Crippen LogP contribution in [0.2, 0.25) is 0 Å². The van der Waals surface area contributed by atoms with E-state index in [1.165, 1.54) is 16.7 Å². The first-order valence-corrected chi connectivity index (χ1v) is 6.88. The minimum atomic E-state index is 0.302. The van der Waals surface area contributed by atoms with E-state index in [-0.39, 0.29) is 0 Å². The van der Waals surface area contributed by atoms with Gasteiger partial charge in [0.15, 0.2) is 0 Å². The van der Waals surface area contributed by atoms with Crippen molar-refractivity contribution >= 4 is 0 Å². The summed E-state index contributed by atoms with van der Waals surface area (Å²) in [4.78, 5) is 0. The van der Waals surface area contributed by atoms with Crippen molar-refractivity contribution in [3.8, 4) is 0 Å². The summed E-state index contributed by atoms with van der Waals surface area (Å²) in [6, 6.07) is 20.2. The Morgan fingerprint density at radius 2 is 1.79 bits per heavy atom. The highest BCUT2D eigenvalue weighted by Crippen LogP contribution is 2.31. The molecular weight excluding hydrogens is 230 g/mol. The lowest BCUT2D eigenvalue weighted by Crippen LogP contribution is -2.39. The molecule has 2 aromatic rings. The summed E-state index contributed by atoms with van der Waals surface area (Å²) in [6.45, 7) is 3.87. The fourth-order valence-electron chi connectivity index (χ4n) is 2.93. The molecule has 3 rings (SSSR count). The Hall–Kier alpha value is -1.86. The molecule has 1 heterocycles. The highest BCUT2D eigenvalue weighted by atomic mass is 15.0. The summed E-state index contributed by atoms with van der Waals surface area (Å²) in [5.74, 6) is 0. The number of nitrogens with one attached hydrogen (secondary N) is 1. The van der Waals surface area contributed by atoms with E-state index in [0.29, 0.717) is 12.1 Å². The van der Waals surface area contributed by atoms with Crippen molar-refractivity contribution in [2.75, 3.05) is 0 Å². The van der Waals surface area contributed by atoms with E-state index in [1.807, 2.05) is 6.08 Å². The molecule has 1 nitrogen and oxygen atoms in total. The van der Waals surface area contributed by atoms with E-state index in [0.717, 1.165) is 12.8 Å². The van der Waals surface area contributed by atoms with Crippen LogP contribution < -0.4 is 5.32 Å². The molecule has 0 bridgehead atoms. The van der Waals surface area contributed by atoms with Crippen LogP contribution in [0.4, 0.5) is 0 Å². The second kappa shape index (κ2) is 5.41. The van der Waals surface area contributed by atoms with Crippen LogP contribution in [0, 0.1) is 0 Å². The normalized spacial score (nSPS) is 21.7. The maximum absolute atomic E-state index is 3.87. The Labute approximate surface area is 115 Å². The van der Waals surface area contributed by atoms with Crippen LogP contribution in [0.1, 0.15) is 29.2 Å². The first-order chi connectivity index (χ1) is 9.38. The lowest BCUT2D eigenvalue weighted by Gasteiger charge is -2.33. The second-order valence-corrected chi connectivity index (χ2v) is 5.13. The zero-order chi connectivity index (χ0) is 13.1. The highest BCUT2D eigenvalue weighted by Gasteiger charge is 2.25. The van der Waals surface area contributed by atoms with Gasteiger partial charge < -0.3 is 5.32 Å². The van der Waals surface area contributed by atoms with Gasteiger partial charge in [0.25, 0.3) is 0 Å². The van der Waals surface area contributed by atoms with E-state index in [2.05, 4.69) is 66.5 Å². The molecule has 1 heteroatoms. The smallest absolute Gasteiger partial charge is 0.0581 e. The summed E-state index contributed by atoms with van der Waals surface area (Å²) in [5, 5.41) is 3.76. The number of hydrogen-bond acceptors (Lipinski definition) is 1. The molecule has 0 amide bonds. The lowest BCUT2D eigenvalue weighted by atomic mass is 9.86. The third-order valence-electron chi connectivity index (χ3n) is 3.82. The monoisotopic (exact) mass is 249 g/mol. The van der Waals surface area contributed by atoms with E-state index in [1.54, 1.807) is 0 Å². The van der Waals surface area contributed by atoms with Crippen LogP contribution in [0.3, 0.4) is 0 Å². The maximum Gasteiger partial charge on any atom is 0.0581 e. The summed E-state index contributed by atoms with van der Waals surface area (Å²) in [6.07, 6.45) is 4.11. The van der Waals surface area contributed by atoms with Crippen LogP contribution in [-0.4, -0.2) is 6.04 Å². The second-order valence-electron chi connectivity index (χ2n) is 5.13. The predicted octanol–water partition coefficient (Wildman–Crippen LogP) is 3.87. The van der Waals surface area contributed by atoms with Crippen LogP contribution in [0.25, 0.3) is 0 Å². The average Bonchev–Trinajstić information content (AvgIpc) is 2.48. The van der Waals surface area contributed by atoms with E-state index in [4.69, 9.17) is 0 Å². The molecule has 0 aromatic heterocycles.